The van der Waals surface area contributed by atoms with Crippen molar-refractivity contribution in [3.05, 3.63) is 46.2 Å². The van der Waals surface area contributed by atoms with Crippen molar-refractivity contribution in [2.24, 2.45) is 0 Å². The number of pyridine rings is 1. The maximum atomic E-state index is 4.55. The van der Waals surface area contributed by atoms with E-state index in [1.165, 1.54) is 10.9 Å². The van der Waals surface area contributed by atoms with Crippen molar-refractivity contribution in [1.29, 1.82) is 0 Å². The molecule has 0 atom stereocenters. The van der Waals surface area contributed by atoms with Crippen molar-refractivity contribution in [3.8, 4) is 0 Å². The summed E-state index contributed by atoms with van der Waals surface area (Å²) in [4.78, 5) is 9.09. The maximum Gasteiger partial charge on any atom is 0.140 e. The Morgan fingerprint density at radius 3 is 2.95 bits per heavy atom. The predicted octanol–water partition coefficient (Wildman–Crippen LogP) is 3.35. The number of aryl methyl sites for hydroxylation is 1. The number of fused-ring (bicyclic) bond motifs is 1. The molecule has 0 saturated carbocycles. The molecule has 0 aromatic carbocycles. The molecule has 21 heavy (non-hydrogen) atoms. The van der Waals surface area contributed by atoms with E-state index in [0.29, 0.717) is 6.04 Å². The van der Waals surface area contributed by atoms with Crippen molar-refractivity contribution in [2.45, 2.75) is 39.9 Å². The highest BCUT2D eigenvalue weighted by Crippen LogP contribution is 2.21. The van der Waals surface area contributed by atoms with Gasteiger partial charge in [0.15, 0.2) is 0 Å². The van der Waals surface area contributed by atoms with Crippen LogP contribution in [-0.2, 0) is 13.1 Å². The lowest BCUT2D eigenvalue weighted by atomic mass is 10.2. The quantitative estimate of drug-likeness (QED) is 0.786. The highest BCUT2D eigenvalue weighted by molar-refractivity contribution is 7.09. The van der Waals surface area contributed by atoms with Gasteiger partial charge >= 0.3 is 0 Å². The van der Waals surface area contributed by atoms with Gasteiger partial charge in [0.1, 0.15) is 10.7 Å². The average Bonchev–Trinajstić information content (AvgIpc) is 3.02. The zero-order valence-electron chi connectivity index (χ0n) is 12.6. The van der Waals surface area contributed by atoms with Gasteiger partial charge in [-0.1, -0.05) is 13.8 Å². The number of thiazole rings is 1. The van der Waals surface area contributed by atoms with Crippen LogP contribution in [0.1, 0.15) is 30.1 Å². The number of hydrogen-bond donors (Lipinski definition) is 1. The Labute approximate surface area is 128 Å². The summed E-state index contributed by atoms with van der Waals surface area (Å²) in [5.41, 5.74) is 3.41. The summed E-state index contributed by atoms with van der Waals surface area (Å²) in [6.07, 6.45) is 4.05. The molecule has 3 aromatic heterocycles. The monoisotopic (exact) mass is 300 g/mol. The van der Waals surface area contributed by atoms with Crippen LogP contribution in [0.2, 0.25) is 0 Å². The fraction of sp³-hybridized carbons (Fsp3) is 0.375. The zero-order valence-corrected chi connectivity index (χ0v) is 13.4. The smallest absolute Gasteiger partial charge is 0.140 e. The molecular formula is C16H20N4S. The second-order valence-electron chi connectivity index (χ2n) is 5.58. The summed E-state index contributed by atoms with van der Waals surface area (Å²) in [6, 6.07) is 4.62. The van der Waals surface area contributed by atoms with E-state index >= 15 is 0 Å². The van der Waals surface area contributed by atoms with E-state index in [0.717, 1.165) is 29.4 Å². The Bertz CT molecular complexity index is 742. The Hall–Kier alpha value is -1.72. The van der Waals surface area contributed by atoms with Crippen LogP contribution in [0.4, 0.5) is 0 Å². The number of nitrogens with zero attached hydrogens (tertiary/aromatic N) is 3. The van der Waals surface area contributed by atoms with Gasteiger partial charge in [-0.15, -0.1) is 11.3 Å². The summed E-state index contributed by atoms with van der Waals surface area (Å²) in [5, 5.41) is 7.92. The predicted molar refractivity (Wildman–Crippen MR) is 87.7 cm³/mol. The molecule has 0 aliphatic rings. The summed E-state index contributed by atoms with van der Waals surface area (Å²) >= 11 is 1.71. The molecule has 0 spiro atoms. The SMILES string of the molecule is Cc1csc(Cn2cc(CNC(C)C)c3cccnc32)n1. The highest BCUT2D eigenvalue weighted by atomic mass is 32.1. The molecule has 0 radical (unpaired) electrons. The second kappa shape index (κ2) is 5.95. The first-order valence-corrected chi connectivity index (χ1v) is 8.08. The van der Waals surface area contributed by atoms with Gasteiger partial charge in [0.2, 0.25) is 0 Å². The Kier molecular flexibility index (Phi) is 4.03. The van der Waals surface area contributed by atoms with E-state index in [4.69, 9.17) is 0 Å². The van der Waals surface area contributed by atoms with Gasteiger partial charge in [0, 0.05) is 41.4 Å². The minimum Gasteiger partial charge on any atom is -0.325 e. The van der Waals surface area contributed by atoms with Crippen molar-refractivity contribution < 1.29 is 0 Å². The lowest BCUT2D eigenvalue weighted by Gasteiger charge is -2.06. The Balaban J connectivity index is 1.94. The van der Waals surface area contributed by atoms with Crippen LogP contribution >= 0.6 is 11.3 Å². The van der Waals surface area contributed by atoms with E-state index in [-0.39, 0.29) is 0 Å². The van der Waals surface area contributed by atoms with Gasteiger partial charge in [-0.3, -0.25) is 0 Å². The van der Waals surface area contributed by atoms with E-state index in [1.807, 2.05) is 19.2 Å². The molecule has 3 rings (SSSR count). The van der Waals surface area contributed by atoms with E-state index in [1.54, 1.807) is 11.3 Å². The Morgan fingerprint density at radius 2 is 2.24 bits per heavy atom. The van der Waals surface area contributed by atoms with Gasteiger partial charge in [0.05, 0.1) is 6.54 Å². The lowest BCUT2D eigenvalue weighted by molar-refractivity contribution is 0.589. The molecule has 0 aliphatic heterocycles. The molecule has 0 amide bonds. The summed E-state index contributed by atoms with van der Waals surface area (Å²) in [5.74, 6) is 0. The molecule has 0 fully saturated rings. The molecule has 110 valence electrons. The molecular weight excluding hydrogens is 280 g/mol. The number of nitrogens with one attached hydrogen (secondary N) is 1. The normalized spacial score (nSPS) is 11.6. The molecule has 3 heterocycles. The largest absolute Gasteiger partial charge is 0.325 e. The van der Waals surface area contributed by atoms with Crippen LogP contribution in [0.25, 0.3) is 11.0 Å². The number of hydrogen-bond acceptors (Lipinski definition) is 4. The van der Waals surface area contributed by atoms with Crippen LogP contribution < -0.4 is 5.32 Å². The van der Waals surface area contributed by atoms with Gasteiger partial charge in [-0.25, -0.2) is 9.97 Å². The average molecular weight is 300 g/mol. The molecule has 0 unspecified atom stereocenters. The first-order chi connectivity index (χ1) is 10.1. The van der Waals surface area contributed by atoms with Crippen LogP contribution in [0.15, 0.2) is 29.9 Å². The van der Waals surface area contributed by atoms with Crippen molar-refractivity contribution in [3.63, 3.8) is 0 Å². The first-order valence-electron chi connectivity index (χ1n) is 7.20. The fourth-order valence-electron chi connectivity index (χ4n) is 2.39. The van der Waals surface area contributed by atoms with E-state index in [2.05, 4.69) is 51.3 Å². The molecule has 5 heteroatoms. The minimum atomic E-state index is 0.474. The van der Waals surface area contributed by atoms with Crippen LogP contribution in [0.3, 0.4) is 0 Å². The lowest BCUT2D eigenvalue weighted by Crippen LogP contribution is -2.21. The molecule has 1 N–H and O–H groups in total. The summed E-state index contributed by atoms with van der Waals surface area (Å²) < 4.78 is 2.20. The van der Waals surface area contributed by atoms with Crippen molar-refractivity contribution in [1.82, 2.24) is 19.9 Å². The van der Waals surface area contributed by atoms with Gasteiger partial charge in [-0.2, -0.15) is 0 Å². The minimum absolute atomic E-state index is 0.474. The van der Waals surface area contributed by atoms with Gasteiger partial charge in [0.25, 0.3) is 0 Å². The van der Waals surface area contributed by atoms with Crippen LogP contribution in [0, 0.1) is 6.92 Å². The third kappa shape index (κ3) is 3.14. The van der Waals surface area contributed by atoms with Crippen LogP contribution in [-0.4, -0.2) is 20.6 Å². The summed E-state index contributed by atoms with van der Waals surface area (Å²) in [6.45, 7) is 8.01. The second-order valence-corrected chi connectivity index (χ2v) is 6.52. The molecule has 4 nitrogen and oxygen atoms in total. The first kappa shape index (κ1) is 14.2. The standard InChI is InChI=1S/C16H20N4S/c1-11(2)18-7-13-8-20(9-15-19-12(3)10-21-15)16-14(13)5-4-6-17-16/h4-6,8,10-11,18H,7,9H2,1-3H3. The maximum absolute atomic E-state index is 4.55. The van der Waals surface area contributed by atoms with Gasteiger partial charge in [-0.05, 0) is 24.6 Å². The number of rotatable bonds is 5. The van der Waals surface area contributed by atoms with E-state index < -0.39 is 0 Å². The zero-order chi connectivity index (χ0) is 14.8. The molecule has 0 saturated heterocycles. The molecule has 0 bridgehead atoms. The van der Waals surface area contributed by atoms with Crippen LogP contribution in [0.5, 0.6) is 0 Å². The molecule has 3 aromatic rings. The third-order valence-electron chi connectivity index (χ3n) is 3.39. The summed E-state index contributed by atoms with van der Waals surface area (Å²) in [7, 11) is 0. The highest BCUT2D eigenvalue weighted by Gasteiger charge is 2.11. The Morgan fingerprint density at radius 1 is 1.38 bits per heavy atom. The topological polar surface area (TPSA) is 42.7 Å². The van der Waals surface area contributed by atoms with E-state index in [9.17, 15) is 0 Å². The fourth-order valence-corrected chi connectivity index (χ4v) is 3.16. The van der Waals surface area contributed by atoms with Crippen molar-refractivity contribution in [2.75, 3.05) is 0 Å². The molecule has 0 aliphatic carbocycles. The van der Waals surface area contributed by atoms with Crippen molar-refractivity contribution >= 4 is 22.4 Å². The third-order valence-corrected chi connectivity index (χ3v) is 4.34. The number of aromatic nitrogens is 3. The van der Waals surface area contributed by atoms with Gasteiger partial charge < -0.3 is 9.88 Å².